The summed E-state index contributed by atoms with van der Waals surface area (Å²) in [6.45, 7) is 3.05. The molecular weight excluding hydrogens is 460 g/mol. The van der Waals surface area contributed by atoms with Gasteiger partial charge in [-0.25, -0.2) is 0 Å². The van der Waals surface area contributed by atoms with Gasteiger partial charge in [-0.15, -0.1) is 0 Å². The Balaban J connectivity index is 1.72. The van der Waals surface area contributed by atoms with E-state index in [1.807, 2.05) is 34.6 Å². The van der Waals surface area contributed by atoms with Gasteiger partial charge in [-0.3, -0.25) is 14.7 Å². The van der Waals surface area contributed by atoms with Crippen LogP contribution >= 0.6 is 15.9 Å². The van der Waals surface area contributed by atoms with E-state index in [4.69, 9.17) is 5.26 Å². The van der Waals surface area contributed by atoms with Gasteiger partial charge >= 0.3 is 0 Å². The number of fused-ring (bicyclic) bond motifs is 1. The molecule has 1 aliphatic heterocycles. The third kappa shape index (κ3) is 4.14. The van der Waals surface area contributed by atoms with E-state index in [2.05, 4.69) is 27.0 Å². The lowest BCUT2D eigenvalue weighted by atomic mass is 9.94. The van der Waals surface area contributed by atoms with Gasteiger partial charge in [0, 0.05) is 41.1 Å². The number of ketones is 1. The molecule has 0 amide bonds. The molecule has 0 saturated carbocycles. The molecule has 0 bridgehead atoms. The largest absolute Gasteiger partial charge is 0.396 e. The number of hydrogen-bond acceptors (Lipinski definition) is 6. The Morgan fingerprint density at radius 3 is 2.74 bits per heavy atom. The van der Waals surface area contributed by atoms with Gasteiger partial charge in [0.25, 0.3) is 0 Å². The normalized spacial score (nSPS) is 19.5. The fourth-order valence-electron chi connectivity index (χ4n) is 4.29. The van der Waals surface area contributed by atoms with E-state index in [9.17, 15) is 15.0 Å². The Kier molecular flexibility index (Phi) is 6.21. The molecule has 31 heavy (non-hydrogen) atoms. The Morgan fingerprint density at radius 2 is 2.10 bits per heavy atom. The summed E-state index contributed by atoms with van der Waals surface area (Å²) in [5.74, 6) is -0.190. The summed E-state index contributed by atoms with van der Waals surface area (Å²) in [6.07, 6.45) is 1.70. The number of hydrogen-bond donors (Lipinski definition) is 2. The highest BCUT2D eigenvalue weighted by molar-refractivity contribution is 9.10. The van der Waals surface area contributed by atoms with Gasteiger partial charge in [-0.05, 0) is 66.2 Å². The number of nitrogens with zero attached hydrogens (tertiary/aromatic N) is 4. The summed E-state index contributed by atoms with van der Waals surface area (Å²) in [5.41, 5.74) is 4.18. The highest BCUT2D eigenvalue weighted by atomic mass is 79.9. The number of benzene rings is 1. The molecule has 160 valence electrons. The Labute approximate surface area is 188 Å². The number of nitriles is 1. The minimum absolute atomic E-state index is 0.0427. The first-order chi connectivity index (χ1) is 14.9. The lowest BCUT2D eigenvalue weighted by Gasteiger charge is -2.34. The topological polar surface area (TPSA) is 102 Å². The van der Waals surface area contributed by atoms with Crippen LogP contribution in [0.25, 0.3) is 16.7 Å². The third-order valence-electron chi connectivity index (χ3n) is 5.95. The van der Waals surface area contributed by atoms with Gasteiger partial charge in [0.2, 0.25) is 0 Å². The van der Waals surface area contributed by atoms with Crippen LogP contribution in [0.1, 0.15) is 28.0 Å². The first-order valence-corrected chi connectivity index (χ1v) is 10.9. The lowest BCUT2D eigenvalue weighted by Crippen LogP contribution is -2.46. The van der Waals surface area contributed by atoms with Crippen molar-refractivity contribution < 1.29 is 15.0 Å². The second kappa shape index (κ2) is 8.89. The van der Waals surface area contributed by atoms with Crippen molar-refractivity contribution in [2.45, 2.75) is 19.4 Å². The van der Waals surface area contributed by atoms with Crippen LogP contribution in [0.5, 0.6) is 0 Å². The molecule has 1 aromatic carbocycles. The van der Waals surface area contributed by atoms with Crippen LogP contribution < -0.4 is 0 Å². The molecule has 1 saturated heterocycles. The number of Topliss-reactive ketones (excluding diaryl/α,β-unsaturated/α-hetero) is 1. The van der Waals surface area contributed by atoms with E-state index < -0.39 is 6.10 Å². The van der Waals surface area contributed by atoms with Crippen molar-refractivity contribution in [1.82, 2.24) is 14.5 Å². The molecule has 2 atom stereocenters. The monoisotopic (exact) mass is 482 g/mol. The fraction of sp³-hybridized carbons (Fsp3) is 0.348. The number of halogens is 1. The van der Waals surface area contributed by atoms with Crippen molar-refractivity contribution >= 4 is 32.7 Å². The van der Waals surface area contributed by atoms with Crippen LogP contribution in [0.15, 0.2) is 41.0 Å². The second-order valence-corrected chi connectivity index (χ2v) is 8.85. The number of β-amino-alcohol motifs (C(OH)–C–C–N with tert-alkyl or cyclic N) is 1. The van der Waals surface area contributed by atoms with E-state index in [-0.39, 0.29) is 24.9 Å². The van der Waals surface area contributed by atoms with E-state index in [1.165, 1.54) is 0 Å². The minimum atomic E-state index is -0.637. The Morgan fingerprint density at radius 1 is 1.35 bits per heavy atom. The maximum atomic E-state index is 13.4. The zero-order valence-electron chi connectivity index (χ0n) is 17.1. The summed E-state index contributed by atoms with van der Waals surface area (Å²) in [6, 6.07) is 11.3. The molecule has 0 spiro atoms. The highest BCUT2D eigenvalue weighted by Gasteiger charge is 2.30. The van der Waals surface area contributed by atoms with Crippen LogP contribution in [0.2, 0.25) is 0 Å². The molecule has 4 rings (SSSR count). The fourth-order valence-corrected chi connectivity index (χ4v) is 4.61. The van der Waals surface area contributed by atoms with Crippen molar-refractivity contribution in [3.8, 4) is 11.8 Å². The van der Waals surface area contributed by atoms with Gasteiger partial charge in [0.15, 0.2) is 5.78 Å². The summed E-state index contributed by atoms with van der Waals surface area (Å²) >= 11 is 3.47. The number of aromatic nitrogens is 2. The van der Waals surface area contributed by atoms with E-state index >= 15 is 0 Å². The van der Waals surface area contributed by atoms with Crippen LogP contribution in [0, 0.1) is 24.2 Å². The molecule has 8 heteroatoms. The molecule has 2 N–H and O–H groups in total. The zero-order valence-corrected chi connectivity index (χ0v) is 18.7. The van der Waals surface area contributed by atoms with Crippen LogP contribution in [-0.4, -0.2) is 62.8 Å². The van der Waals surface area contributed by atoms with Crippen molar-refractivity contribution in [2.24, 2.45) is 5.92 Å². The van der Waals surface area contributed by atoms with Crippen molar-refractivity contribution in [3.63, 3.8) is 0 Å². The second-order valence-electron chi connectivity index (χ2n) is 7.93. The first kappa shape index (κ1) is 21.7. The Bertz CT molecular complexity index is 1170. The molecular formula is C23H23BrN4O3. The number of piperidine rings is 1. The van der Waals surface area contributed by atoms with Crippen LogP contribution in [0.4, 0.5) is 0 Å². The standard InChI is InChI=1S/C23H23BrN4O3/c1-14-22(21(31)12-27-7-6-16(13-29)20(30)11-27)23-19(8-17(24)10-26-23)28(14)18-4-2-15(9-25)3-5-18/h2-5,8,10,16,20,29-30H,6-7,11-13H2,1H3/t16-,20+/m1/s1. The third-order valence-corrected chi connectivity index (χ3v) is 6.38. The quantitative estimate of drug-likeness (QED) is 0.542. The van der Waals surface area contributed by atoms with E-state index in [0.717, 1.165) is 21.4 Å². The lowest BCUT2D eigenvalue weighted by molar-refractivity contribution is -0.0000803. The zero-order chi connectivity index (χ0) is 22.1. The van der Waals surface area contributed by atoms with E-state index in [1.54, 1.807) is 18.3 Å². The Hall–Kier alpha value is -2.57. The molecule has 3 heterocycles. The van der Waals surface area contributed by atoms with Crippen LogP contribution in [-0.2, 0) is 0 Å². The number of carbonyl (C=O) groups is 1. The summed E-state index contributed by atoms with van der Waals surface area (Å²) in [7, 11) is 0. The number of aliphatic hydroxyl groups is 2. The molecule has 1 aliphatic rings. The van der Waals surface area contributed by atoms with Crippen molar-refractivity contribution in [2.75, 3.05) is 26.2 Å². The van der Waals surface area contributed by atoms with Gasteiger partial charge < -0.3 is 14.8 Å². The SMILES string of the molecule is Cc1c(C(=O)CN2CC[C@H](CO)[C@@H](O)C2)c2ncc(Br)cc2n1-c1ccc(C#N)cc1. The molecule has 1 fully saturated rings. The molecule has 0 unspecified atom stereocenters. The summed E-state index contributed by atoms with van der Waals surface area (Å²) < 4.78 is 2.79. The van der Waals surface area contributed by atoms with Crippen LogP contribution in [0.3, 0.4) is 0 Å². The van der Waals surface area contributed by atoms with Crippen molar-refractivity contribution in [3.05, 3.63) is 57.8 Å². The average Bonchev–Trinajstić information content (AvgIpc) is 3.05. The van der Waals surface area contributed by atoms with Crippen molar-refractivity contribution in [1.29, 1.82) is 5.26 Å². The molecule has 0 aliphatic carbocycles. The maximum Gasteiger partial charge on any atom is 0.180 e. The number of likely N-dealkylation sites (tertiary alicyclic amines) is 1. The summed E-state index contributed by atoms with van der Waals surface area (Å²) in [4.78, 5) is 19.8. The predicted molar refractivity (Wildman–Crippen MR) is 120 cm³/mol. The molecule has 2 aromatic heterocycles. The van der Waals surface area contributed by atoms with Gasteiger partial charge in [-0.1, -0.05) is 0 Å². The van der Waals surface area contributed by atoms with E-state index in [0.29, 0.717) is 36.2 Å². The minimum Gasteiger partial charge on any atom is -0.396 e. The average molecular weight is 483 g/mol. The number of pyridine rings is 1. The number of rotatable bonds is 5. The highest BCUT2D eigenvalue weighted by Crippen LogP contribution is 2.30. The van der Waals surface area contributed by atoms with Gasteiger partial charge in [0.1, 0.15) is 0 Å². The summed E-state index contributed by atoms with van der Waals surface area (Å²) in [5, 5.41) is 28.7. The smallest absolute Gasteiger partial charge is 0.180 e. The van der Waals surface area contributed by atoms with Gasteiger partial charge in [0.05, 0.1) is 40.9 Å². The predicted octanol–water partition coefficient (Wildman–Crippen LogP) is 2.83. The maximum absolute atomic E-state index is 13.4. The number of carbonyl (C=O) groups excluding carboxylic acids is 1. The molecule has 0 radical (unpaired) electrons. The molecule has 7 nitrogen and oxygen atoms in total. The first-order valence-electron chi connectivity index (χ1n) is 10.1. The van der Waals surface area contributed by atoms with Gasteiger partial charge in [-0.2, -0.15) is 5.26 Å². The number of aliphatic hydroxyl groups excluding tert-OH is 2. The molecule has 3 aromatic rings.